The Bertz CT molecular complexity index is 1200. The van der Waals surface area contributed by atoms with Gasteiger partial charge in [-0.3, -0.25) is 9.78 Å². The zero-order valence-corrected chi connectivity index (χ0v) is 18.5. The zero-order chi connectivity index (χ0) is 24.3. The third kappa shape index (κ3) is 4.49. The molecule has 0 radical (unpaired) electrons. The van der Waals surface area contributed by atoms with Gasteiger partial charge in [0.15, 0.2) is 0 Å². The number of rotatable bonds is 4. The zero-order valence-electron chi connectivity index (χ0n) is 18.5. The van der Waals surface area contributed by atoms with E-state index in [-0.39, 0.29) is 11.8 Å². The number of carbonyl (C=O) groups excluding carboxylic acids is 1. The Balaban J connectivity index is 1.51. The largest absolute Gasteiger partial charge is 0.416 e. The Morgan fingerprint density at radius 2 is 1.79 bits per heavy atom. The third-order valence-electron chi connectivity index (χ3n) is 6.60. The second-order valence-corrected chi connectivity index (χ2v) is 8.40. The predicted molar refractivity (Wildman–Crippen MR) is 118 cm³/mol. The Labute approximate surface area is 195 Å². The number of hydrogen-bond acceptors (Lipinski definition) is 5. The second-order valence-electron chi connectivity index (χ2n) is 8.40. The van der Waals surface area contributed by atoms with Gasteiger partial charge in [-0.15, -0.1) is 0 Å². The van der Waals surface area contributed by atoms with Crippen LogP contribution in [0.25, 0.3) is 11.4 Å². The third-order valence-corrected chi connectivity index (χ3v) is 6.60. The summed E-state index contributed by atoms with van der Waals surface area (Å²) in [7, 11) is 0. The number of aromatic nitrogens is 3. The van der Waals surface area contributed by atoms with E-state index in [1.54, 1.807) is 35.5 Å². The monoisotopic (exact) mass is 465 g/mol. The normalized spacial score (nSPS) is 16.5. The van der Waals surface area contributed by atoms with E-state index in [2.05, 4.69) is 21.0 Å². The SMILES string of the molecule is CC(c1ccc(C(F)(F)F)cc1)C1(C#N)CCN(C(=O)c2cccnc2-c2ccncn2)CC1. The number of alkyl halides is 3. The fourth-order valence-electron chi connectivity index (χ4n) is 4.41. The summed E-state index contributed by atoms with van der Waals surface area (Å²) in [6.45, 7) is 2.57. The number of amides is 1. The topological polar surface area (TPSA) is 82.8 Å². The summed E-state index contributed by atoms with van der Waals surface area (Å²) in [6, 6.07) is 12.4. The van der Waals surface area contributed by atoms with Crippen molar-refractivity contribution in [2.45, 2.75) is 31.9 Å². The summed E-state index contributed by atoms with van der Waals surface area (Å²) in [6.07, 6.45) is 0.994. The second kappa shape index (κ2) is 9.21. The van der Waals surface area contributed by atoms with Crippen LogP contribution in [0.4, 0.5) is 13.2 Å². The van der Waals surface area contributed by atoms with Crippen LogP contribution in [0.3, 0.4) is 0 Å². The molecule has 34 heavy (non-hydrogen) atoms. The van der Waals surface area contributed by atoms with E-state index in [0.717, 1.165) is 12.1 Å². The van der Waals surface area contributed by atoms with E-state index in [0.29, 0.717) is 48.4 Å². The molecule has 0 bridgehead atoms. The first-order chi connectivity index (χ1) is 16.2. The molecular weight excluding hydrogens is 443 g/mol. The van der Waals surface area contributed by atoms with Gasteiger partial charge in [-0.2, -0.15) is 18.4 Å². The highest BCUT2D eigenvalue weighted by Gasteiger charge is 2.42. The lowest BCUT2D eigenvalue weighted by Crippen LogP contribution is -2.44. The standard InChI is InChI=1S/C25H22F3N5O/c1-17(18-4-6-19(7-5-18)25(26,27)28)24(15-29)9-13-33(14-10-24)23(34)20-3-2-11-31-22(20)21-8-12-30-16-32-21/h2-8,11-12,16-17H,9-10,13-14H2,1H3. The van der Waals surface area contributed by atoms with Gasteiger partial charge in [0.1, 0.15) is 12.0 Å². The summed E-state index contributed by atoms with van der Waals surface area (Å²) in [5, 5.41) is 10.0. The van der Waals surface area contributed by atoms with Crippen molar-refractivity contribution in [2.24, 2.45) is 5.41 Å². The number of hydrogen-bond donors (Lipinski definition) is 0. The highest BCUT2D eigenvalue weighted by Crippen LogP contribution is 2.44. The van der Waals surface area contributed by atoms with Crippen LogP contribution in [0.5, 0.6) is 0 Å². The number of nitrogens with zero attached hydrogens (tertiary/aromatic N) is 5. The van der Waals surface area contributed by atoms with Crippen molar-refractivity contribution < 1.29 is 18.0 Å². The minimum Gasteiger partial charge on any atom is -0.338 e. The molecule has 9 heteroatoms. The maximum absolute atomic E-state index is 13.3. The Hall–Kier alpha value is -3.80. The van der Waals surface area contributed by atoms with Gasteiger partial charge in [0.05, 0.1) is 28.3 Å². The quantitative estimate of drug-likeness (QED) is 0.535. The summed E-state index contributed by atoms with van der Waals surface area (Å²) >= 11 is 0. The highest BCUT2D eigenvalue weighted by atomic mass is 19.4. The number of carbonyl (C=O) groups is 1. The van der Waals surface area contributed by atoms with E-state index >= 15 is 0 Å². The maximum atomic E-state index is 13.3. The van der Waals surface area contributed by atoms with E-state index < -0.39 is 17.2 Å². The van der Waals surface area contributed by atoms with Gasteiger partial charge in [0, 0.05) is 25.5 Å². The predicted octanol–water partition coefficient (Wildman–Crippen LogP) is 5.11. The van der Waals surface area contributed by atoms with E-state index in [9.17, 15) is 23.2 Å². The first kappa shape index (κ1) is 23.4. The average Bonchev–Trinajstić information content (AvgIpc) is 2.88. The van der Waals surface area contributed by atoms with Crippen molar-refractivity contribution >= 4 is 5.91 Å². The molecule has 1 aliphatic rings. The minimum atomic E-state index is -4.41. The van der Waals surface area contributed by atoms with Crippen molar-refractivity contribution in [1.82, 2.24) is 19.9 Å². The fraction of sp³-hybridized carbons (Fsp3) is 0.320. The molecule has 4 rings (SSSR count). The lowest BCUT2D eigenvalue weighted by molar-refractivity contribution is -0.137. The van der Waals surface area contributed by atoms with Crippen molar-refractivity contribution in [3.8, 4) is 17.5 Å². The van der Waals surface area contributed by atoms with Crippen molar-refractivity contribution in [1.29, 1.82) is 5.26 Å². The van der Waals surface area contributed by atoms with Crippen molar-refractivity contribution in [3.05, 3.63) is 77.9 Å². The first-order valence-corrected chi connectivity index (χ1v) is 10.8. The van der Waals surface area contributed by atoms with Gasteiger partial charge >= 0.3 is 6.18 Å². The highest BCUT2D eigenvalue weighted by molar-refractivity contribution is 5.99. The number of benzene rings is 1. The maximum Gasteiger partial charge on any atom is 0.416 e. The van der Waals surface area contributed by atoms with Crippen LogP contribution in [0.2, 0.25) is 0 Å². The summed E-state index contributed by atoms with van der Waals surface area (Å²) in [4.78, 5) is 27.4. The van der Waals surface area contributed by atoms with Gasteiger partial charge in [-0.05, 0) is 54.7 Å². The molecule has 1 amide bonds. The van der Waals surface area contributed by atoms with Gasteiger partial charge in [-0.25, -0.2) is 9.97 Å². The number of halogens is 3. The van der Waals surface area contributed by atoms with Crippen LogP contribution >= 0.6 is 0 Å². The lowest BCUT2D eigenvalue weighted by atomic mass is 9.68. The molecule has 3 aromatic rings. The van der Waals surface area contributed by atoms with Gasteiger partial charge in [-0.1, -0.05) is 19.1 Å². The molecule has 174 valence electrons. The smallest absolute Gasteiger partial charge is 0.338 e. The molecule has 1 saturated heterocycles. The van der Waals surface area contributed by atoms with Crippen LogP contribution in [0.15, 0.2) is 61.2 Å². The van der Waals surface area contributed by atoms with Gasteiger partial charge in [0.25, 0.3) is 5.91 Å². The van der Waals surface area contributed by atoms with E-state index in [1.807, 2.05) is 6.92 Å². The molecule has 6 nitrogen and oxygen atoms in total. The summed E-state index contributed by atoms with van der Waals surface area (Å²) in [5.41, 5.74) is 0.601. The molecule has 1 aliphatic heterocycles. The Morgan fingerprint density at radius 3 is 2.38 bits per heavy atom. The van der Waals surface area contributed by atoms with Gasteiger partial charge in [0.2, 0.25) is 0 Å². The van der Waals surface area contributed by atoms with Crippen molar-refractivity contribution in [3.63, 3.8) is 0 Å². The van der Waals surface area contributed by atoms with Crippen molar-refractivity contribution in [2.75, 3.05) is 13.1 Å². The molecular formula is C25H22F3N5O. The number of nitriles is 1. The molecule has 0 saturated carbocycles. The number of pyridine rings is 1. The molecule has 0 N–H and O–H groups in total. The van der Waals surface area contributed by atoms with Crippen LogP contribution in [0.1, 0.15) is 47.2 Å². The molecule has 3 heterocycles. The molecule has 1 atom stereocenters. The molecule has 0 aliphatic carbocycles. The molecule has 1 fully saturated rings. The van der Waals surface area contributed by atoms with Crippen LogP contribution in [-0.2, 0) is 6.18 Å². The Morgan fingerprint density at radius 1 is 1.09 bits per heavy atom. The lowest BCUT2D eigenvalue weighted by Gasteiger charge is -2.41. The Kier molecular flexibility index (Phi) is 6.33. The van der Waals surface area contributed by atoms with Crippen LogP contribution in [0, 0.1) is 16.7 Å². The van der Waals surface area contributed by atoms with Crippen LogP contribution in [-0.4, -0.2) is 38.8 Å². The van der Waals surface area contributed by atoms with E-state index in [4.69, 9.17) is 0 Å². The fourth-order valence-corrected chi connectivity index (χ4v) is 4.41. The van der Waals surface area contributed by atoms with Crippen LogP contribution < -0.4 is 0 Å². The molecule has 1 unspecified atom stereocenters. The minimum absolute atomic E-state index is 0.199. The first-order valence-electron chi connectivity index (χ1n) is 10.8. The average molecular weight is 465 g/mol. The van der Waals surface area contributed by atoms with E-state index in [1.165, 1.54) is 18.5 Å². The van der Waals surface area contributed by atoms with Gasteiger partial charge < -0.3 is 4.90 Å². The summed E-state index contributed by atoms with van der Waals surface area (Å²) in [5.74, 6) is -0.484. The molecule has 0 spiro atoms. The number of piperidine rings is 1. The number of likely N-dealkylation sites (tertiary alicyclic amines) is 1. The summed E-state index contributed by atoms with van der Waals surface area (Å²) < 4.78 is 38.7. The molecule has 1 aromatic carbocycles. The molecule has 2 aromatic heterocycles.